The molecule has 2 aromatic carbocycles. The summed E-state index contributed by atoms with van der Waals surface area (Å²) in [6.07, 6.45) is 0.326. The molecule has 1 amide bonds. The Morgan fingerprint density at radius 1 is 1.00 bits per heavy atom. The highest BCUT2D eigenvalue weighted by molar-refractivity contribution is 5.78. The van der Waals surface area contributed by atoms with Gasteiger partial charge in [0.15, 0.2) is 11.5 Å². The number of hydrogen-bond donors (Lipinski definition) is 1. The second-order valence-corrected chi connectivity index (χ2v) is 5.99. The van der Waals surface area contributed by atoms with Gasteiger partial charge in [-0.1, -0.05) is 18.2 Å². The molecule has 0 unspecified atom stereocenters. The molecule has 0 saturated heterocycles. The summed E-state index contributed by atoms with van der Waals surface area (Å²) in [6, 6.07) is 13.8. The summed E-state index contributed by atoms with van der Waals surface area (Å²) in [5.74, 6) is 1.44. The van der Waals surface area contributed by atoms with E-state index >= 15 is 0 Å². The molecule has 0 aromatic heterocycles. The molecule has 1 heterocycles. The van der Waals surface area contributed by atoms with Crippen molar-refractivity contribution in [3.8, 4) is 11.5 Å². The number of carbonyl (C=O) groups excluding carboxylic acids is 1. The first-order valence-corrected chi connectivity index (χ1v) is 8.03. The van der Waals surface area contributed by atoms with Gasteiger partial charge in [-0.3, -0.25) is 4.79 Å². The standard InChI is InChI=1S/C19H22N2O3/c1-21(2)16-6-3-14(4-7-16)13-20-19(22)12-15-5-8-17-18(11-15)24-10-9-23-17/h3-8,11H,9-10,12-13H2,1-2H3,(H,20,22). The van der Waals surface area contributed by atoms with Crippen LogP contribution < -0.4 is 19.7 Å². The molecule has 0 aliphatic carbocycles. The lowest BCUT2D eigenvalue weighted by Crippen LogP contribution is -2.24. The molecule has 5 nitrogen and oxygen atoms in total. The van der Waals surface area contributed by atoms with E-state index in [4.69, 9.17) is 9.47 Å². The Morgan fingerprint density at radius 2 is 1.67 bits per heavy atom. The van der Waals surface area contributed by atoms with Crippen LogP contribution in [0.5, 0.6) is 11.5 Å². The summed E-state index contributed by atoms with van der Waals surface area (Å²) in [6.45, 7) is 1.64. The molecule has 0 bridgehead atoms. The molecular weight excluding hydrogens is 304 g/mol. The third kappa shape index (κ3) is 3.98. The maximum absolute atomic E-state index is 12.1. The van der Waals surface area contributed by atoms with Gasteiger partial charge in [0.2, 0.25) is 5.91 Å². The molecule has 0 fully saturated rings. The van der Waals surface area contributed by atoms with E-state index < -0.39 is 0 Å². The number of rotatable bonds is 5. The van der Waals surface area contributed by atoms with Crippen molar-refractivity contribution in [2.75, 3.05) is 32.2 Å². The molecule has 3 rings (SSSR count). The Bertz CT molecular complexity index is 711. The molecule has 5 heteroatoms. The van der Waals surface area contributed by atoms with Crippen molar-refractivity contribution < 1.29 is 14.3 Å². The van der Waals surface area contributed by atoms with E-state index in [2.05, 4.69) is 5.32 Å². The first kappa shape index (κ1) is 16.2. The van der Waals surface area contributed by atoms with Crippen LogP contribution in [-0.2, 0) is 17.8 Å². The number of anilines is 1. The number of ether oxygens (including phenoxy) is 2. The molecule has 24 heavy (non-hydrogen) atoms. The highest BCUT2D eigenvalue weighted by Gasteiger charge is 2.13. The van der Waals surface area contributed by atoms with Crippen LogP contribution in [0, 0.1) is 0 Å². The summed E-state index contributed by atoms with van der Waals surface area (Å²) in [5.41, 5.74) is 3.14. The van der Waals surface area contributed by atoms with Crippen molar-refractivity contribution in [1.82, 2.24) is 5.32 Å². The van der Waals surface area contributed by atoms with Crippen LogP contribution in [-0.4, -0.2) is 33.2 Å². The highest BCUT2D eigenvalue weighted by Crippen LogP contribution is 2.30. The zero-order valence-corrected chi connectivity index (χ0v) is 14.0. The number of nitrogens with zero attached hydrogens (tertiary/aromatic N) is 1. The molecule has 1 N–H and O–H groups in total. The second kappa shape index (κ2) is 7.25. The van der Waals surface area contributed by atoms with E-state index in [0.717, 1.165) is 22.6 Å². The Hall–Kier alpha value is -2.69. The number of benzene rings is 2. The number of hydrogen-bond acceptors (Lipinski definition) is 4. The van der Waals surface area contributed by atoms with Gasteiger partial charge in [0, 0.05) is 26.3 Å². The minimum absolute atomic E-state index is 0.0108. The quantitative estimate of drug-likeness (QED) is 0.916. The predicted molar refractivity (Wildman–Crippen MR) is 93.8 cm³/mol. The lowest BCUT2D eigenvalue weighted by atomic mass is 10.1. The van der Waals surface area contributed by atoms with Crippen molar-refractivity contribution in [3.05, 3.63) is 53.6 Å². The number of amides is 1. The highest BCUT2D eigenvalue weighted by atomic mass is 16.6. The minimum atomic E-state index is -0.0108. The van der Waals surface area contributed by atoms with Gasteiger partial charge < -0.3 is 19.7 Å². The van der Waals surface area contributed by atoms with Gasteiger partial charge in [-0.25, -0.2) is 0 Å². The van der Waals surface area contributed by atoms with Gasteiger partial charge in [-0.15, -0.1) is 0 Å². The van der Waals surface area contributed by atoms with E-state index in [1.165, 1.54) is 0 Å². The van der Waals surface area contributed by atoms with Crippen LogP contribution in [0.2, 0.25) is 0 Å². The van der Waals surface area contributed by atoms with Crippen LogP contribution in [0.15, 0.2) is 42.5 Å². The number of carbonyl (C=O) groups is 1. The largest absolute Gasteiger partial charge is 0.486 e. The van der Waals surface area contributed by atoms with Crippen molar-refractivity contribution >= 4 is 11.6 Å². The monoisotopic (exact) mass is 326 g/mol. The maximum Gasteiger partial charge on any atom is 0.224 e. The van der Waals surface area contributed by atoms with Gasteiger partial charge in [0.1, 0.15) is 13.2 Å². The lowest BCUT2D eigenvalue weighted by Gasteiger charge is -2.18. The van der Waals surface area contributed by atoms with E-state index in [-0.39, 0.29) is 5.91 Å². The minimum Gasteiger partial charge on any atom is -0.486 e. The topological polar surface area (TPSA) is 50.8 Å². The molecule has 1 aliphatic rings. The number of nitrogens with one attached hydrogen (secondary N) is 1. The van der Waals surface area contributed by atoms with Gasteiger partial charge in [-0.05, 0) is 35.4 Å². The summed E-state index contributed by atoms with van der Waals surface area (Å²) in [5, 5.41) is 2.95. The van der Waals surface area contributed by atoms with E-state index in [0.29, 0.717) is 31.9 Å². The van der Waals surface area contributed by atoms with Gasteiger partial charge in [0.05, 0.1) is 6.42 Å². The SMILES string of the molecule is CN(C)c1ccc(CNC(=O)Cc2ccc3c(c2)OCCO3)cc1. The first-order chi connectivity index (χ1) is 11.6. The molecule has 2 aromatic rings. The smallest absolute Gasteiger partial charge is 0.224 e. The molecule has 0 atom stereocenters. The molecule has 126 valence electrons. The zero-order chi connectivity index (χ0) is 16.9. The van der Waals surface area contributed by atoms with Gasteiger partial charge in [-0.2, -0.15) is 0 Å². The summed E-state index contributed by atoms with van der Waals surface area (Å²) in [4.78, 5) is 14.2. The normalized spacial score (nSPS) is 12.6. The molecular formula is C19H22N2O3. The Labute approximate surface area is 142 Å². The van der Waals surface area contributed by atoms with Crippen molar-refractivity contribution in [2.24, 2.45) is 0 Å². The van der Waals surface area contributed by atoms with Crippen LogP contribution in [0.25, 0.3) is 0 Å². The summed E-state index contributed by atoms with van der Waals surface area (Å²) >= 11 is 0. The Kier molecular flexibility index (Phi) is 4.89. The molecule has 0 radical (unpaired) electrons. The average molecular weight is 326 g/mol. The van der Waals surface area contributed by atoms with Crippen LogP contribution in [0.4, 0.5) is 5.69 Å². The van der Waals surface area contributed by atoms with Crippen molar-refractivity contribution in [2.45, 2.75) is 13.0 Å². The van der Waals surface area contributed by atoms with Crippen LogP contribution in [0.3, 0.4) is 0 Å². The van der Waals surface area contributed by atoms with Crippen molar-refractivity contribution in [1.29, 1.82) is 0 Å². The molecule has 0 saturated carbocycles. The van der Waals surface area contributed by atoms with Crippen molar-refractivity contribution in [3.63, 3.8) is 0 Å². The fourth-order valence-corrected chi connectivity index (χ4v) is 2.56. The fourth-order valence-electron chi connectivity index (χ4n) is 2.56. The summed E-state index contributed by atoms with van der Waals surface area (Å²) < 4.78 is 11.0. The number of fused-ring (bicyclic) bond motifs is 1. The van der Waals surface area contributed by atoms with E-state index in [9.17, 15) is 4.79 Å². The van der Waals surface area contributed by atoms with E-state index in [1.807, 2.05) is 61.5 Å². The Balaban J connectivity index is 1.54. The fraction of sp³-hybridized carbons (Fsp3) is 0.316. The maximum atomic E-state index is 12.1. The second-order valence-electron chi connectivity index (χ2n) is 5.99. The van der Waals surface area contributed by atoms with E-state index in [1.54, 1.807) is 0 Å². The van der Waals surface area contributed by atoms with Crippen LogP contribution in [0.1, 0.15) is 11.1 Å². The molecule has 0 spiro atoms. The van der Waals surface area contributed by atoms with Crippen LogP contribution >= 0.6 is 0 Å². The zero-order valence-electron chi connectivity index (χ0n) is 14.0. The summed E-state index contributed by atoms with van der Waals surface area (Å²) in [7, 11) is 4.01. The third-order valence-electron chi connectivity index (χ3n) is 3.91. The molecule has 1 aliphatic heterocycles. The van der Waals surface area contributed by atoms with Gasteiger partial charge in [0.25, 0.3) is 0 Å². The predicted octanol–water partition coefficient (Wildman–Crippen LogP) is 2.38. The first-order valence-electron chi connectivity index (χ1n) is 8.03. The Morgan fingerprint density at radius 3 is 2.38 bits per heavy atom. The lowest BCUT2D eigenvalue weighted by molar-refractivity contribution is -0.120. The third-order valence-corrected chi connectivity index (χ3v) is 3.91. The average Bonchev–Trinajstić information content (AvgIpc) is 2.60. The van der Waals surface area contributed by atoms with Gasteiger partial charge >= 0.3 is 0 Å².